The highest BCUT2D eigenvalue weighted by Crippen LogP contribution is 2.16. The molecule has 3 N–H and O–H groups in total. The molecule has 7 nitrogen and oxygen atoms in total. The minimum absolute atomic E-state index is 0.143. The van der Waals surface area contributed by atoms with Crippen molar-refractivity contribution in [3.63, 3.8) is 0 Å². The highest BCUT2D eigenvalue weighted by atomic mass is 16.5. The number of nitrogens with zero attached hydrogens (tertiary/aromatic N) is 1. The molecule has 0 radical (unpaired) electrons. The van der Waals surface area contributed by atoms with E-state index in [9.17, 15) is 14.7 Å². The van der Waals surface area contributed by atoms with Crippen LogP contribution in [0.5, 0.6) is 5.75 Å². The molecule has 1 saturated heterocycles. The molecule has 0 spiro atoms. The van der Waals surface area contributed by atoms with Gasteiger partial charge < -0.3 is 20.5 Å². The van der Waals surface area contributed by atoms with Gasteiger partial charge in [-0.3, -0.25) is 9.69 Å². The maximum atomic E-state index is 12.1. The molecule has 1 aliphatic heterocycles. The monoisotopic (exact) mass is 307 g/mol. The molecule has 1 heterocycles. The summed E-state index contributed by atoms with van der Waals surface area (Å²) in [4.78, 5) is 25.8. The summed E-state index contributed by atoms with van der Waals surface area (Å²) in [5.74, 6) is -1.06. The number of hydrogen-bond donors (Lipinski definition) is 3. The lowest BCUT2D eigenvalue weighted by atomic mass is 10.1. The third-order valence-corrected chi connectivity index (χ3v) is 3.52. The fourth-order valence-electron chi connectivity index (χ4n) is 2.34. The molecule has 120 valence electrons. The van der Waals surface area contributed by atoms with Gasteiger partial charge in [-0.15, -0.1) is 0 Å². The molecule has 1 fully saturated rings. The predicted octanol–water partition coefficient (Wildman–Crippen LogP) is -0.186. The SMILES string of the molecule is COC(=O)c1cc(O)cc(C(=O)NCCN2CCNCC2)c1. The van der Waals surface area contributed by atoms with Crippen LogP contribution in [-0.4, -0.2) is 68.3 Å². The van der Waals surface area contributed by atoms with Crippen LogP contribution >= 0.6 is 0 Å². The number of carbonyl (C=O) groups excluding carboxylic acids is 2. The van der Waals surface area contributed by atoms with Gasteiger partial charge in [-0.2, -0.15) is 0 Å². The Morgan fingerprint density at radius 1 is 1.27 bits per heavy atom. The van der Waals surface area contributed by atoms with E-state index in [1.54, 1.807) is 0 Å². The summed E-state index contributed by atoms with van der Waals surface area (Å²) in [5, 5.41) is 15.7. The Hall–Kier alpha value is -2.12. The van der Waals surface area contributed by atoms with E-state index in [1.807, 2.05) is 0 Å². The van der Waals surface area contributed by atoms with Crippen molar-refractivity contribution in [2.45, 2.75) is 0 Å². The van der Waals surface area contributed by atoms with Crippen LogP contribution in [0.25, 0.3) is 0 Å². The average molecular weight is 307 g/mol. The van der Waals surface area contributed by atoms with Crippen LogP contribution in [0.15, 0.2) is 18.2 Å². The van der Waals surface area contributed by atoms with Gasteiger partial charge in [0.15, 0.2) is 0 Å². The Kier molecular flexibility index (Phi) is 5.74. The first-order valence-electron chi connectivity index (χ1n) is 7.24. The number of hydrogen-bond acceptors (Lipinski definition) is 6. The third kappa shape index (κ3) is 4.44. The summed E-state index contributed by atoms with van der Waals surface area (Å²) < 4.78 is 4.59. The van der Waals surface area contributed by atoms with Crippen molar-refractivity contribution < 1.29 is 19.4 Å². The molecule has 1 amide bonds. The number of aromatic hydroxyl groups is 1. The molecule has 0 unspecified atom stereocenters. The van der Waals surface area contributed by atoms with Crippen LogP contribution < -0.4 is 10.6 Å². The fourth-order valence-corrected chi connectivity index (χ4v) is 2.34. The first-order valence-corrected chi connectivity index (χ1v) is 7.24. The Morgan fingerprint density at radius 3 is 2.64 bits per heavy atom. The number of phenolic OH excluding ortho intramolecular Hbond substituents is 1. The van der Waals surface area contributed by atoms with Gasteiger partial charge in [0, 0.05) is 44.8 Å². The van der Waals surface area contributed by atoms with E-state index in [4.69, 9.17) is 0 Å². The molecule has 1 aromatic carbocycles. The second-order valence-electron chi connectivity index (χ2n) is 5.11. The molecular weight excluding hydrogens is 286 g/mol. The van der Waals surface area contributed by atoms with Crippen LogP contribution in [0.4, 0.5) is 0 Å². The summed E-state index contributed by atoms with van der Waals surface area (Å²) in [6.07, 6.45) is 0. The highest BCUT2D eigenvalue weighted by Gasteiger charge is 2.14. The second-order valence-corrected chi connectivity index (χ2v) is 5.11. The number of carbonyl (C=O) groups is 2. The van der Waals surface area contributed by atoms with Gasteiger partial charge in [-0.25, -0.2) is 4.79 Å². The number of benzene rings is 1. The van der Waals surface area contributed by atoms with Crippen molar-refractivity contribution in [3.8, 4) is 5.75 Å². The number of esters is 1. The van der Waals surface area contributed by atoms with E-state index in [1.165, 1.54) is 25.3 Å². The molecule has 0 atom stereocenters. The van der Waals surface area contributed by atoms with E-state index in [-0.39, 0.29) is 22.8 Å². The van der Waals surface area contributed by atoms with Gasteiger partial charge in [-0.05, 0) is 18.2 Å². The van der Waals surface area contributed by atoms with Gasteiger partial charge in [0.05, 0.1) is 12.7 Å². The molecule has 0 saturated carbocycles. The van der Waals surface area contributed by atoms with Crippen molar-refractivity contribution in [1.29, 1.82) is 0 Å². The predicted molar refractivity (Wildman–Crippen MR) is 81.1 cm³/mol. The molecular formula is C15H21N3O4. The second kappa shape index (κ2) is 7.77. The number of piperazine rings is 1. The number of amides is 1. The number of nitrogens with one attached hydrogen (secondary N) is 2. The lowest BCUT2D eigenvalue weighted by Gasteiger charge is -2.27. The first kappa shape index (κ1) is 16.3. The van der Waals surface area contributed by atoms with E-state index in [2.05, 4.69) is 20.3 Å². The summed E-state index contributed by atoms with van der Waals surface area (Å²) in [6.45, 7) is 5.15. The summed E-state index contributed by atoms with van der Waals surface area (Å²) in [5.41, 5.74) is 0.385. The van der Waals surface area contributed by atoms with Gasteiger partial charge >= 0.3 is 5.97 Å². The average Bonchev–Trinajstić information content (AvgIpc) is 2.54. The molecule has 0 aromatic heterocycles. The lowest BCUT2D eigenvalue weighted by Crippen LogP contribution is -2.46. The third-order valence-electron chi connectivity index (χ3n) is 3.52. The maximum absolute atomic E-state index is 12.1. The van der Waals surface area contributed by atoms with Crippen molar-refractivity contribution in [1.82, 2.24) is 15.5 Å². The van der Waals surface area contributed by atoms with Crippen molar-refractivity contribution in [3.05, 3.63) is 29.3 Å². The Morgan fingerprint density at radius 2 is 1.95 bits per heavy atom. The number of rotatable bonds is 5. The Bertz CT molecular complexity index is 542. The topological polar surface area (TPSA) is 90.9 Å². The molecule has 1 aromatic rings. The van der Waals surface area contributed by atoms with Crippen molar-refractivity contribution in [2.75, 3.05) is 46.4 Å². The summed E-state index contributed by atoms with van der Waals surface area (Å²) in [6, 6.07) is 4.00. The zero-order chi connectivity index (χ0) is 15.9. The van der Waals surface area contributed by atoms with E-state index in [0.717, 1.165) is 32.7 Å². The normalized spacial score (nSPS) is 15.3. The molecule has 0 aliphatic carbocycles. The van der Waals surface area contributed by atoms with E-state index >= 15 is 0 Å². The van der Waals surface area contributed by atoms with Crippen LogP contribution in [0, 0.1) is 0 Å². The van der Waals surface area contributed by atoms with Crippen LogP contribution in [-0.2, 0) is 4.74 Å². The minimum atomic E-state index is -0.592. The van der Waals surface area contributed by atoms with E-state index < -0.39 is 5.97 Å². The molecule has 22 heavy (non-hydrogen) atoms. The number of ether oxygens (including phenoxy) is 1. The molecule has 1 aliphatic rings. The molecule has 7 heteroatoms. The molecule has 0 bridgehead atoms. The largest absolute Gasteiger partial charge is 0.508 e. The standard InChI is InChI=1S/C15H21N3O4/c1-22-15(21)12-8-11(9-13(19)10-12)14(20)17-4-7-18-5-2-16-3-6-18/h8-10,16,19H,2-7H2,1H3,(H,17,20). The summed E-state index contributed by atoms with van der Waals surface area (Å²) >= 11 is 0. The van der Waals surface area contributed by atoms with Crippen LogP contribution in [0.3, 0.4) is 0 Å². The molecule has 2 rings (SSSR count). The minimum Gasteiger partial charge on any atom is -0.508 e. The van der Waals surface area contributed by atoms with Crippen LogP contribution in [0.2, 0.25) is 0 Å². The van der Waals surface area contributed by atoms with Gasteiger partial charge in [0.25, 0.3) is 5.91 Å². The Labute approximate surface area is 129 Å². The maximum Gasteiger partial charge on any atom is 0.338 e. The van der Waals surface area contributed by atoms with Gasteiger partial charge in [0.1, 0.15) is 5.75 Å². The Balaban J connectivity index is 1.91. The number of methoxy groups -OCH3 is 1. The van der Waals surface area contributed by atoms with Gasteiger partial charge in [0.2, 0.25) is 0 Å². The summed E-state index contributed by atoms with van der Waals surface area (Å²) in [7, 11) is 1.25. The van der Waals surface area contributed by atoms with Crippen molar-refractivity contribution in [2.24, 2.45) is 0 Å². The quantitative estimate of drug-likeness (QED) is 0.654. The van der Waals surface area contributed by atoms with Crippen LogP contribution in [0.1, 0.15) is 20.7 Å². The fraction of sp³-hybridized carbons (Fsp3) is 0.467. The van der Waals surface area contributed by atoms with Crippen molar-refractivity contribution >= 4 is 11.9 Å². The zero-order valence-electron chi connectivity index (χ0n) is 12.6. The van der Waals surface area contributed by atoms with E-state index in [0.29, 0.717) is 6.54 Å². The lowest BCUT2D eigenvalue weighted by molar-refractivity contribution is 0.0600. The smallest absolute Gasteiger partial charge is 0.338 e. The highest BCUT2D eigenvalue weighted by molar-refractivity contribution is 5.98. The van der Waals surface area contributed by atoms with Gasteiger partial charge in [-0.1, -0.05) is 0 Å². The number of phenols is 1. The first-order chi connectivity index (χ1) is 10.6. The zero-order valence-corrected chi connectivity index (χ0v) is 12.6.